The summed E-state index contributed by atoms with van der Waals surface area (Å²) in [5.74, 6) is 0. The van der Waals surface area contributed by atoms with Gasteiger partial charge in [0.05, 0.1) is 6.61 Å². The average molecular weight is 341 g/mol. The van der Waals surface area contributed by atoms with Crippen LogP contribution in [-0.4, -0.2) is 18.5 Å². The summed E-state index contributed by atoms with van der Waals surface area (Å²) in [4.78, 5) is 1.43. The Morgan fingerprint density at radius 2 is 1.84 bits per heavy atom. The van der Waals surface area contributed by atoms with E-state index >= 15 is 0 Å². The van der Waals surface area contributed by atoms with Crippen molar-refractivity contribution in [1.82, 2.24) is 0 Å². The van der Waals surface area contributed by atoms with Gasteiger partial charge in [0.25, 0.3) is 0 Å². The largest absolute Gasteiger partial charge is 0.381 e. The zero-order chi connectivity index (χ0) is 13.3. The number of thiophene rings is 1. The molecule has 0 saturated carbocycles. The normalized spacial score (nSPS) is 11.2. The molecule has 0 atom stereocenters. The van der Waals surface area contributed by atoms with Crippen molar-refractivity contribution in [1.29, 1.82) is 0 Å². The van der Waals surface area contributed by atoms with Crippen molar-refractivity contribution in [2.24, 2.45) is 0 Å². The number of ether oxygens (including phenoxy) is 1. The van der Waals surface area contributed by atoms with Gasteiger partial charge in [-0.15, -0.1) is 11.3 Å². The van der Waals surface area contributed by atoms with Gasteiger partial charge in [-0.1, -0.05) is 47.0 Å². The number of hydrogen-bond donors (Lipinski definition) is 0. The molecule has 2 aromatic rings. The highest BCUT2D eigenvalue weighted by Gasteiger charge is 2.00. The first-order chi connectivity index (χ1) is 9.40. The monoisotopic (exact) mass is 340 g/mol. The molecule has 0 fully saturated rings. The van der Waals surface area contributed by atoms with Crippen molar-refractivity contribution >= 4 is 37.4 Å². The Bertz CT molecular complexity index is 447. The van der Waals surface area contributed by atoms with Gasteiger partial charge in [-0.3, -0.25) is 0 Å². The third kappa shape index (κ3) is 5.25. The van der Waals surface area contributed by atoms with E-state index < -0.39 is 0 Å². The van der Waals surface area contributed by atoms with Crippen molar-refractivity contribution in [2.75, 3.05) is 18.5 Å². The van der Waals surface area contributed by atoms with Crippen molar-refractivity contribution in [3.8, 4) is 0 Å². The van der Waals surface area contributed by atoms with Crippen molar-refractivity contribution < 1.29 is 4.74 Å². The Morgan fingerprint density at radius 3 is 2.68 bits per heavy atom. The fourth-order valence-corrected chi connectivity index (χ4v) is 3.53. The first-order valence-electron chi connectivity index (χ1n) is 7.01. The molecule has 0 radical (unpaired) electrons. The molecular weight excluding hydrogens is 320 g/mol. The molecule has 1 heterocycles. The van der Waals surface area contributed by atoms with Gasteiger partial charge >= 0.3 is 0 Å². The molecule has 0 spiro atoms. The number of unbranched alkanes of at least 4 members (excludes halogenated alkanes) is 3. The Balaban J connectivity index is 1.60. The fraction of sp³-hybridized carbons (Fsp3) is 0.500. The highest BCUT2D eigenvalue weighted by atomic mass is 79.9. The van der Waals surface area contributed by atoms with Gasteiger partial charge in [-0.25, -0.2) is 0 Å². The lowest BCUT2D eigenvalue weighted by Gasteiger charge is -2.02. The van der Waals surface area contributed by atoms with E-state index in [0.29, 0.717) is 0 Å². The molecule has 2 rings (SSSR count). The van der Waals surface area contributed by atoms with Gasteiger partial charge in [0.1, 0.15) is 0 Å². The van der Waals surface area contributed by atoms with Crippen LogP contribution in [0, 0.1) is 0 Å². The van der Waals surface area contributed by atoms with E-state index in [0.717, 1.165) is 25.0 Å². The second-order valence-corrected chi connectivity index (χ2v) is 6.68. The highest BCUT2D eigenvalue weighted by Crippen LogP contribution is 2.25. The van der Waals surface area contributed by atoms with Crippen molar-refractivity contribution in [2.45, 2.75) is 32.1 Å². The van der Waals surface area contributed by atoms with E-state index in [1.165, 1.54) is 40.6 Å². The lowest BCUT2D eigenvalue weighted by Crippen LogP contribution is -1.99. The summed E-state index contributed by atoms with van der Waals surface area (Å²) in [6, 6.07) is 10.9. The molecule has 0 aliphatic rings. The second kappa shape index (κ2) is 8.72. The molecule has 0 aliphatic heterocycles. The molecule has 19 heavy (non-hydrogen) atoms. The maximum atomic E-state index is 5.71. The zero-order valence-electron chi connectivity index (χ0n) is 11.2. The number of hydrogen-bond acceptors (Lipinski definition) is 2. The summed E-state index contributed by atoms with van der Waals surface area (Å²) >= 11 is 5.34. The molecule has 1 aromatic heterocycles. The zero-order valence-corrected chi connectivity index (χ0v) is 13.6. The van der Waals surface area contributed by atoms with Crippen LogP contribution in [0.5, 0.6) is 0 Å². The molecule has 0 unspecified atom stereocenters. The summed E-state index contributed by atoms with van der Waals surface area (Å²) in [7, 11) is 0. The molecule has 0 amide bonds. The van der Waals surface area contributed by atoms with Crippen LogP contribution in [0.15, 0.2) is 30.3 Å². The minimum Gasteiger partial charge on any atom is -0.381 e. The first kappa shape index (κ1) is 15.0. The summed E-state index contributed by atoms with van der Waals surface area (Å²) in [5.41, 5.74) is 0. The lowest BCUT2D eigenvalue weighted by molar-refractivity contribution is 0.133. The topological polar surface area (TPSA) is 9.23 Å². The molecular formula is C16H21BrOS. The number of alkyl halides is 1. The first-order valence-corrected chi connectivity index (χ1v) is 8.95. The fourth-order valence-electron chi connectivity index (χ4n) is 2.09. The maximum Gasteiger partial charge on any atom is 0.0514 e. The molecule has 1 aromatic carbocycles. The van der Waals surface area contributed by atoms with Crippen LogP contribution in [0.2, 0.25) is 0 Å². The van der Waals surface area contributed by atoms with Gasteiger partial charge in [0.15, 0.2) is 0 Å². The number of fused-ring (bicyclic) bond motifs is 1. The Labute approximate surface area is 128 Å². The minimum absolute atomic E-state index is 0.852. The van der Waals surface area contributed by atoms with Gasteiger partial charge in [-0.05, 0) is 30.4 Å². The quantitative estimate of drug-likeness (QED) is 0.437. The average Bonchev–Trinajstić information content (AvgIpc) is 2.84. The van der Waals surface area contributed by atoms with E-state index in [2.05, 4.69) is 46.3 Å². The van der Waals surface area contributed by atoms with Gasteiger partial charge < -0.3 is 4.74 Å². The Hall–Kier alpha value is -0.380. The maximum absolute atomic E-state index is 5.71. The number of rotatable bonds is 9. The van der Waals surface area contributed by atoms with Gasteiger partial charge in [-0.2, -0.15) is 0 Å². The molecule has 1 nitrogen and oxygen atoms in total. The lowest BCUT2D eigenvalue weighted by atomic mass is 10.2. The van der Waals surface area contributed by atoms with Crippen LogP contribution in [-0.2, 0) is 11.2 Å². The number of benzene rings is 1. The third-order valence-corrected chi connectivity index (χ3v) is 4.88. The molecule has 0 N–H and O–H groups in total. The third-order valence-electron chi connectivity index (χ3n) is 3.14. The van der Waals surface area contributed by atoms with Crippen LogP contribution in [0.1, 0.15) is 30.6 Å². The Morgan fingerprint density at radius 1 is 1.00 bits per heavy atom. The summed E-state index contributed by atoms with van der Waals surface area (Å²) in [6.45, 7) is 1.76. The van der Waals surface area contributed by atoms with Crippen LogP contribution in [0.3, 0.4) is 0 Å². The predicted octanol–water partition coefficient (Wildman–Crippen LogP) is 5.42. The van der Waals surface area contributed by atoms with Crippen molar-refractivity contribution in [3.05, 3.63) is 35.2 Å². The SMILES string of the molecule is BrCCCCCCOCCc1cc2ccccc2s1. The predicted molar refractivity (Wildman–Crippen MR) is 88.6 cm³/mol. The van der Waals surface area contributed by atoms with Gasteiger partial charge in [0, 0.05) is 27.9 Å². The van der Waals surface area contributed by atoms with Gasteiger partial charge in [0.2, 0.25) is 0 Å². The molecule has 0 bridgehead atoms. The summed E-state index contributed by atoms with van der Waals surface area (Å²) < 4.78 is 7.09. The van der Waals surface area contributed by atoms with Crippen LogP contribution in [0.25, 0.3) is 10.1 Å². The summed E-state index contributed by atoms with van der Waals surface area (Å²) in [6.07, 6.45) is 6.11. The summed E-state index contributed by atoms with van der Waals surface area (Å²) in [5, 5.41) is 2.48. The standard InChI is InChI=1S/C16H21BrOS/c17-10-5-1-2-6-11-18-12-9-15-13-14-7-3-4-8-16(14)19-15/h3-4,7-8,13H,1-2,5-6,9-12H2. The second-order valence-electron chi connectivity index (χ2n) is 4.72. The van der Waals surface area contributed by atoms with E-state index in [1.54, 1.807) is 0 Å². The van der Waals surface area contributed by atoms with Crippen LogP contribution < -0.4 is 0 Å². The van der Waals surface area contributed by atoms with E-state index in [-0.39, 0.29) is 0 Å². The molecule has 0 saturated heterocycles. The minimum atomic E-state index is 0.852. The smallest absolute Gasteiger partial charge is 0.0514 e. The van der Waals surface area contributed by atoms with Crippen molar-refractivity contribution in [3.63, 3.8) is 0 Å². The van der Waals surface area contributed by atoms with Crippen LogP contribution in [0.4, 0.5) is 0 Å². The number of halogens is 1. The van der Waals surface area contributed by atoms with Crippen LogP contribution >= 0.6 is 27.3 Å². The Kier molecular flexibility index (Phi) is 6.90. The van der Waals surface area contributed by atoms with E-state index in [4.69, 9.17) is 4.74 Å². The highest BCUT2D eigenvalue weighted by molar-refractivity contribution is 9.09. The molecule has 3 heteroatoms. The van der Waals surface area contributed by atoms with E-state index in [9.17, 15) is 0 Å². The molecule has 104 valence electrons. The molecule has 0 aliphatic carbocycles. The van der Waals surface area contributed by atoms with E-state index in [1.807, 2.05) is 11.3 Å².